The lowest BCUT2D eigenvalue weighted by molar-refractivity contribution is -0.133. The summed E-state index contributed by atoms with van der Waals surface area (Å²) in [6, 6.07) is 5.80. The van der Waals surface area contributed by atoms with Gasteiger partial charge in [-0.1, -0.05) is 25.1 Å². The average molecular weight is 291 g/mol. The van der Waals surface area contributed by atoms with E-state index in [1.165, 1.54) is 11.8 Å². The number of rotatable bonds is 6. The Hall–Kier alpha value is -1.82. The van der Waals surface area contributed by atoms with E-state index in [2.05, 4.69) is 17.0 Å². The second-order valence-electron chi connectivity index (χ2n) is 4.51. The van der Waals surface area contributed by atoms with Crippen molar-refractivity contribution in [2.75, 3.05) is 5.75 Å². The van der Waals surface area contributed by atoms with E-state index in [4.69, 9.17) is 5.11 Å². The first-order valence-electron chi connectivity index (χ1n) is 6.46. The van der Waals surface area contributed by atoms with Crippen LogP contribution in [0.15, 0.2) is 29.4 Å². The number of pyridine rings is 1. The minimum absolute atomic E-state index is 0.0169. The quantitative estimate of drug-likeness (QED) is 0.829. The van der Waals surface area contributed by atoms with E-state index in [0.717, 1.165) is 34.9 Å². The first-order valence-corrected chi connectivity index (χ1v) is 7.45. The predicted molar refractivity (Wildman–Crippen MR) is 78.5 cm³/mol. The highest BCUT2D eigenvalue weighted by Crippen LogP contribution is 2.23. The van der Waals surface area contributed by atoms with Crippen molar-refractivity contribution >= 4 is 17.7 Å². The van der Waals surface area contributed by atoms with Crippen LogP contribution in [0.5, 0.6) is 0 Å². The maximum absolute atomic E-state index is 10.7. The van der Waals surface area contributed by atoms with Gasteiger partial charge in [-0.2, -0.15) is 5.10 Å². The Kier molecular flexibility index (Phi) is 4.79. The maximum Gasteiger partial charge on any atom is 0.313 e. The zero-order valence-corrected chi connectivity index (χ0v) is 12.4. The molecule has 0 radical (unpaired) electrons. The van der Waals surface area contributed by atoms with E-state index in [1.54, 1.807) is 10.9 Å². The van der Waals surface area contributed by atoms with Crippen molar-refractivity contribution in [3.05, 3.63) is 35.7 Å². The van der Waals surface area contributed by atoms with Gasteiger partial charge in [0.1, 0.15) is 5.03 Å². The highest BCUT2D eigenvalue weighted by atomic mass is 32.2. The molecule has 1 N–H and O–H groups in total. The minimum Gasteiger partial charge on any atom is -0.481 e. The number of aliphatic carboxylic acids is 1. The number of thioether (sulfide) groups is 1. The molecule has 0 aromatic carbocycles. The molecule has 0 unspecified atom stereocenters. The number of nitrogens with zero attached hydrogens (tertiary/aromatic N) is 3. The molecule has 20 heavy (non-hydrogen) atoms. The van der Waals surface area contributed by atoms with Crippen LogP contribution >= 0.6 is 11.8 Å². The van der Waals surface area contributed by atoms with Crippen LogP contribution in [0, 0.1) is 6.92 Å². The molecule has 0 aliphatic carbocycles. The van der Waals surface area contributed by atoms with Gasteiger partial charge in [0, 0.05) is 6.20 Å². The van der Waals surface area contributed by atoms with Crippen LogP contribution in [-0.4, -0.2) is 31.6 Å². The molecule has 6 heteroatoms. The molecule has 2 aromatic heterocycles. The zero-order valence-electron chi connectivity index (χ0n) is 11.5. The zero-order chi connectivity index (χ0) is 14.5. The molecule has 0 saturated carbocycles. The third-order valence-corrected chi connectivity index (χ3v) is 3.67. The molecule has 106 valence electrons. The van der Waals surface area contributed by atoms with E-state index in [0.29, 0.717) is 0 Å². The number of aromatic nitrogens is 3. The SMILES string of the molecule is CCCc1cc(SCC(=O)O)n(-c2cc(C)ccn2)n1. The Morgan fingerprint density at radius 3 is 2.90 bits per heavy atom. The number of hydrogen-bond acceptors (Lipinski definition) is 4. The third kappa shape index (κ3) is 3.60. The normalized spacial score (nSPS) is 10.7. The van der Waals surface area contributed by atoms with Gasteiger partial charge in [0.15, 0.2) is 5.82 Å². The summed E-state index contributed by atoms with van der Waals surface area (Å²) in [7, 11) is 0. The van der Waals surface area contributed by atoms with Gasteiger partial charge in [-0.25, -0.2) is 9.67 Å². The van der Waals surface area contributed by atoms with E-state index in [1.807, 2.05) is 25.1 Å². The topological polar surface area (TPSA) is 68.0 Å². The summed E-state index contributed by atoms with van der Waals surface area (Å²) >= 11 is 1.26. The Morgan fingerprint density at radius 1 is 1.45 bits per heavy atom. The summed E-state index contributed by atoms with van der Waals surface area (Å²) in [5, 5.41) is 14.2. The van der Waals surface area contributed by atoms with Gasteiger partial charge in [-0.05, 0) is 37.1 Å². The van der Waals surface area contributed by atoms with Gasteiger partial charge < -0.3 is 5.11 Å². The molecule has 2 aromatic rings. The molecule has 0 aliphatic heterocycles. The fraction of sp³-hybridized carbons (Fsp3) is 0.357. The molecule has 2 heterocycles. The highest BCUT2D eigenvalue weighted by Gasteiger charge is 2.12. The minimum atomic E-state index is -0.836. The molecule has 0 fully saturated rings. The average Bonchev–Trinajstić information content (AvgIpc) is 2.80. The summed E-state index contributed by atoms with van der Waals surface area (Å²) < 4.78 is 1.73. The standard InChI is InChI=1S/C14H17N3O2S/c1-3-4-11-8-13(20-9-14(18)19)17(16-11)12-7-10(2)5-6-15-12/h5-8H,3-4,9H2,1-2H3,(H,18,19). The fourth-order valence-electron chi connectivity index (χ4n) is 1.83. The summed E-state index contributed by atoms with van der Waals surface area (Å²) in [5.41, 5.74) is 2.06. The molecule has 0 spiro atoms. The lowest BCUT2D eigenvalue weighted by atomic mass is 10.3. The molecule has 0 saturated heterocycles. The van der Waals surface area contributed by atoms with Gasteiger partial charge in [0.2, 0.25) is 0 Å². The first-order chi connectivity index (χ1) is 9.60. The lowest BCUT2D eigenvalue weighted by Crippen LogP contribution is -2.04. The predicted octanol–water partition coefficient (Wildman–Crippen LogP) is 2.70. The fourth-order valence-corrected chi connectivity index (χ4v) is 2.57. The first kappa shape index (κ1) is 14.6. The molecule has 2 rings (SSSR count). The molecular weight excluding hydrogens is 274 g/mol. The summed E-state index contributed by atoms with van der Waals surface area (Å²) in [4.78, 5) is 15.1. The number of hydrogen-bond donors (Lipinski definition) is 1. The van der Waals surface area contributed by atoms with E-state index < -0.39 is 5.97 Å². The van der Waals surface area contributed by atoms with E-state index in [9.17, 15) is 4.79 Å². The van der Waals surface area contributed by atoms with Gasteiger partial charge >= 0.3 is 5.97 Å². The van der Waals surface area contributed by atoms with Crippen molar-refractivity contribution in [3.63, 3.8) is 0 Å². The number of carbonyl (C=O) groups is 1. The lowest BCUT2D eigenvalue weighted by Gasteiger charge is -2.05. The molecule has 5 nitrogen and oxygen atoms in total. The van der Waals surface area contributed by atoms with Crippen LogP contribution in [0.2, 0.25) is 0 Å². The van der Waals surface area contributed by atoms with Crippen molar-refractivity contribution < 1.29 is 9.90 Å². The monoisotopic (exact) mass is 291 g/mol. The molecule has 0 bridgehead atoms. The van der Waals surface area contributed by atoms with Crippen molar-refractivity contribution in [1.82, 2.24) is 14.8 Å². The van der Waals surface area contributed by atoms with Crippen molar-refractivity contribution in [3.8, 4) is 5.82 Å². The van der Waals surface area contributed by atoms with Crippen molar-refractivity contribution in [1.29, 1.82) is 0 Å². The number of carboxylic acids is 1. The molecule has 0 atom stereocenters. The Morgan fingerprint density at radius 2 is 2.25 bits per heavy atom. The van der Waals surface area contributed by atoms with Gasteiger partial charge in [-0.3, -0.25) is 4.79 Å². The summed E-state index contributed by atoms with van der Waals surface area (Å²) in [6.07, 6.45) is 3.61. The van der Waals surface area contributed by atoms with Crippen LogP contribution in [0.1, 0.15) is 24.6 Å². The van der Waals surface area contributed by atoms with Crippen LogP contribution in [0.4, 0.5) is 0 Å². The smallest absolute Gasteiger partial charge is 0.313 e. The maximum atomic E-state index is 10.7. The summed E-state index contributed by atoms with van der Waals surface area (Å²) in [6.45, 7) is 4.08. The number of aryl methyl sites for hydroxylation is 2. The van der Waals surface area contributed by atoms with Crippen LogP contribution in [0.25, 0.3) is 5.82 Å². The van der Waals surface area contributed by atoms with Crippen molar-refractivity contribution in [2.45, 2.75) is 31.7 Å². The Balaban J connectivity index is 2.35. The largest absolute Gasteiger partial charge is 0.481 e. The third-order valence-electron chi connectivity index (χ3n) is 2.69. The Labute approximate surface area is 122 Å². The van der Waals surface area contributed by atoms with Crippen LogP contribution < -0.4 is 0 Å². The summed E-state index contributed by atoms with van der Waals surface area (Å²) in [5.74, 6) is -0.0967. The second kappa shape index (κ2) is 6.56. The van der Waals surface area contributed by atoms with Crippen molar-refractivity contribution in [2.24, 2.45) is 0 Å². The second-order valence-corrected chi connectivity index (χ2v) is 5.51. The van der Waals surface area contributed by atoms with Gasteiger partial charge in [-0.15, -0.1) is 0 Å². The Bertz CT molecular complexity index is 610. The highest BCUT2D eigenvalue weighted by molar-refractivity contribution is 7.99. The molecular formula is C14H17N3O2S. The van der Waals surface area contributed by atoms with Crippen LogP contribution in [0.3, 0.4) is 0 Å². The van der Waals surface area contributed by atoms with Gasteiger partial charge in [0.25, 0.3) is 0 Å². The van der Waals surface area contributed by atoms with E-state index in [-0.39, 0.29) is 5.75 Å². The van der Waals surface area contributed by atoms with Crippen LogP contribution in [-0.2, 0) is 11.2 Å². The molecule has 0 aliphatic rings. The van der Waals surface area contributed by atoms with Gasteiger partial charge in [0.05, 0.1) is 11.4 Å². The molecule has 0 amide bonds. The number of carboxylic acid groups (broad SMARTS) is 1. The van der Waals surface area contributed by atoms with E-state index >= 15 is 0 Å².